The van der Waals surface area contributed by atoms with Crippen molar-refractivity contribution in [3.63, 3.8) is 0 Å². The maximum Gasteiger partial charge on any atom is 0.227 e. The Bertz CT molecular complexity index is 825. The molecule has 1 aromatic carbocycles. The summed E-state index contributed by atoms with van der Waals surface area (Å²) < 4.78 is 5.28. The van der Waals surface area contributed by atoms with E-state index in [2.05, 4.69) is 10.1 Å². The fraction of sp³-hybridized carbons (Fsp3) is 0.316. The zero-order valence-corrected chi connectivity index (χ0v) is 15.4. The Labute approximate surface area is 151 Å². The summed E-state index contributed by atoms with van der Waals surface area (Å²) in [5.74, 6) is 1.11. The van der Waals surface area contributed by atoms with Gasteiger partial charge in [-0.2, -0.15) is 4.98 Å². The number of aromatic nitrogens is 2. The minimum absolute atomic E-state index is 0.0657. The lowest BCUT2D eigenvalue weighted by atomic mass is 10.1. The fourth-order valence-corrected chi connectivity index (χ4v) is 3.33. The van der Waals surface area contributed by atoms with Crippen molar-refractivity contribution in [2.45, 2.75) is 32.7 Å². The summed E-state index contributed by atoms with van der Waals surface area (Å²) in [6.45, 7) is 4.07. The highest BCUT2D eigenvalue weighted by atomic mass is 32.1. The number of carbonyl (C=O) groups is 1. The van der Waals surface area contributed by atoms with Gasteiger partial charge in [0.2, 0.25) is 17.6 Å². The number of thiophene rings is 1. The van der Waals surface area contributed by atoms with E-state index in [9.17, 15) is 4.79 Å². The molecule has 0 unspecified atom stereocenters. The van der Waals surface area contributed by atoms with Crippen LogP contribution in [0.15, 0.2) is 46.3 Å². The monoisotopic (exact) mass is 355 g/mol. The van der Waals surface area contributed by atoms with Gasteiger partial charge in [0.05, 0.1) is 6.04 Å². The molecular formula is C19H21N3O2S. The maximum absolute atomic E-state index is 12.4. The zero-order valence-electron chi connectivity index (χ0n) is 14.6. The largest absolute Gasteiger partial charge is 0.339 e. The molecular weight excluding hydrogens is 334 g/mol. The van der Waals surface area contributed by atoms with Crippen LogP contribution in [0.4, 0.5) is 0 Å². The molecule has 0 aliphatic carbocycles. The first kappa shape index (κ1) is 17.4. The SMILES string of the molecule is Cc1ccc(-c2noc(CCC(=O)N(C)[C@H](C)c3cccs3)n2)cc1. The Morgan fingerprint density at radius 1 is 1.28 bits per heavy atom. The third-order valence-corrected chi connectivity index (χ3v) is 5.30. The number of benzene rings is 1. The quantitative estimate of drug-likeness (QED) is 0.663. The summed E-state index contributed by atoms with van der Waals surface area (Å²) in [5, 5.41) is 6.03. The van der Waals surface area contributed by atoms with Crippen molar-refractivity contribution in [2.24, 2.45) is 0 Å². The number of nitrogens with zero attached hydrogens (tertiary/aromatic N) is 3. The summed E-state index contributed by atoms with van der Waals surface area (Å²) in [4.78, 5) is 19.7. The highest BCUT2D eigenvalue weighted by Crippen LogP contribution is 2.24. The molecule has 0 aliphatic rings. The van der Waals surface area contributed by atoms with E-state index < -0.39 is 0 Å². The van der Waals surface area contributed by atoms with Gasteiger partial charge in [0.1, 0.15) is 0 Å². The highest BCUT2D eigenvalue weighted by molar-refractivity contribution is 7.10. The molecule has 25 heavy (non-hydrogen) atoms. The lowest BCUT2D eigenvalue weighted by Crippen LogP contribution is -2.29. The molecule has 1 atom stereocenters. The van der Waals surface area contributed by atoms with E-state index in [4.69, 9.17) is 4.52 Å². The molecule has 3 aromatic rings. The topological polar surface area (TPSA) is 59.2 Å². The van der Waals surface area contributed by atoms with Gasteiger partial charge in [-0.3, -0.25) is 4.79 Å². The van der Waals surface area contributed by atoms with E-state index in [1.165, 1.54) is 10.4 Å². The zero-order chi connectivity index (χ0) is 17.8. The van der Waals surface area contributed by atoms with Crippen molar-refractivity contribution < 1.29 is 9.32 Å². The Morgan fingerprint density at radius 3 is 2.72 bits per heavy atom. The summed E-state index contributed by atoms with van der Waals surface area (Å²) in [7, 11) is 1.83. The van der Waals surface area contributed by atoms with Crippen LogP contribution in [0.2, 0.25) is 0 Å². The predicted molar refractivity (Wildman–Crippen MR) is 98.3 cm³/mol. The van der Waals surface area contributed by atoms with E-state index in [0.29, 0.717) is 24.6 Å². The molecule has 6 heteroatoms. The lowest BCUT2D eigenvalue weighted by Gasteiger charge is -2.23. The maximum atomic E-state index is 12.4. The van der Waals surface area contributed by atoms with Crippen LogP contribution in [0.5, 0.6) is 0 Å². The van der Waals surface area contributed by atoms with Crippen LogP contribution in [0.25, 0.3) is 11.4 Å². The molecule has 0 radical (unpaired) electrons. The normalized spacial score (nSPS) is 12.1. The number of aryl methyl sites for hydroxylation is 2. The Balaban J connectivity index is 1.58. The second-order valence-corrected chi connectivity index (χ2v) is 7.05. The van der Waals surface area contributed by atoms with Crippen LogP contribution in [-0.4, -0.2) is 28.0 Å². The number of hydrogen-bond acceptors (Lipinski definition) is 5. The van der Waals surface area contributed by atoms with E-state index >= 15 is 0 Å². The molecule has 2 aromatic heterocycles. The van der Waals surface area contributed by atoms with Crippen LogP contribution >= 0.6 is 11.3 Å². The molecule has 0 N–H and O–H groups in total. The van der Waals surface area contributed by atoms with Crippen molar-refractivity contribution >= 4 is 17.2 Å². The van der Waals surface area contributed by atoms with E-state index in [-0.39, 0.29) is 11.9 Å². The van der Waals surface area contributed by atoms with Gasteiger partial charge in [0.15, 0.2) is 0 Å². The second-order valence-electron chi connectivity index (χ2n) is 6.07. The van der Waals surface area contributed by atoms with Gasteiger partial charge >= 0.3 is 0 Å². The van der Waals surface area contributed by atoms with Gasteiger partial charge in [0.25, 0.3) is 0 Å². The number of rotatable bonds is 6. The molecule has 0 saturated carbocycles. The van der Waals surface area contributed by atoms with Gasteiger partial charge in [0, 0.05) is 30.3 Å². The smallest absolute Gasteiger partial charge is 0.227 e. The van der Waals surface area contributed by atoms with Crippen LogP contribution in [0, 0.1) is 6.92 Å². The van der Waals surface area contributed by atoms with Crippen molar-refractivity contribution in [3.05, 3.63) is 58.1 Å². The summed E-state index contributed by atoms with van der Waals surface area (Å²) >= 11 is 1.66. The molecule has 0 aliphatic heterocycles. The van der Waals surface area contributed by atoms with Crippen LogP contribution in [0.3, 0.4) is 0 Å². The third-order valence-electron chi connectivity index (χ3n) is 4.26. The Morgan fingerprint density at radius 2 is 2.04 bits per heavy atom. The molecule has 0 saturated heterocycles. The molecule has 1 amide bonds. The fourth-order valence-electron chi connectivity index (χ4n) is 2.50. The number of carbonyl (C=O) groups excluding carboxylic acids is 1. The average molecular weight is 355 g/mol. The summed E-state index contributed by atoms with van der Waals surface area (Å²) in [6, 6.07) is 12.1. The summed E-state index contributed by atoms with van der Waals surface area (Å²) in [6.07, 6.45) is 0.793. The molecule has 5 nitrogen and oxygen atoms in total. The Kier molecular flexibility index (Phi) is 5.28. The average Bonchev–Trinajstić information content (AvgIpc) is 3.31. The van der Waals surface area contributed by atoms with Gasteiger partial charge in [-0.05, 0) is 25.3 Å². The first-order valence-electron chi connectivity index (χ1n) is 8.23. The van der Waals surface area contributed by atoms with E-state index in [0.717, 1.165) is 5.56 Å². The minimum atomic E-state index is 0.0657. The van der Waals surface area contributed by atoms with Crippen molar-refractivity contribution in [1.82, 2.24) is 15.0 Å². The van der Waals surface area contributed by atoms with Crippen LogP contribution in [-0.2, 0) is 11.2 Å². The van der Waals surface area contributed by atoms with Gasteiger partial charge in [-0.25, -0.2) is 0 Å². The molecule has 3 rings (SSSR count). The Hall–Kier alpha value is -2.47. The minimum Gasteiger partial charge on any atom is -0.339 e. The number of hydrogen-bond donors (Lipinski definition) is 0. The van der Waals surface area contributed by atoms with Gasteiger partial charge in [-0.1, -0.05) is 41.1 Å². The molecule has 0 spiro atoms. The van der Waals surface area contributed by atoms with E-state index in [1.54, 1.807) is 16.2 Å². The number of amides is 1. The standard InChI is InChI=1S/C19H21N3O2S/c1-13-6-8-15(9-7-13)19-20-17(24-21-19)10-11-18(23)22(3)14(2)16-5-4-12-25-16/h4-9,12,14H,10-11H2,1-3H3/t14-/m1/s1. The summed E-state index contributed by atoms with van der Waals surface area (Å²) in [5.41, 5.74) is 2.09. The molecule has 0 bridgehead atoms. The highest BCUT2D eigenvalue weighted by Gasteiger charge is 2.19. The molecule has 130 valence electrons. The second kappa shape index (κ2) is 7.61. The van der Waals surface area contributed by atoms with Crippen molar-refractivity contribution in [2.75, 3.05) is 7.05 Å². The van der Waals surface area contributed by atoms with Gasteiger partial charge in [-0.15, -0.1) is 11.3 Å². The third kappa shape index (κ3) is 4.14. The lowest BCUT2D eigenvalue weighted by molar-refractivity contribution is -0.131. The van der Waals surface area contributed by atoms with Crippen molar-refractivity contribution in [1.29, 1.82) is 0 Å². The molecule has 2 heterocycles. The first-order chi connectivity index (χ1) is 12.0. The van der Waals surface area contributed by atoms with Crippen molar-refractivity contribution in [3.8, 4) is 11.4 Å². The van der Waals surface area contributed by atoms with E-state index in [1.807, 2.05) is 62.7 Å². The first-order valence-corrected chi connectivity index (χ1v) is 9.11. The van der Waals surface area contributed by atoms with Gasteiger partial charge < -0.3 is 9.42 Å². The predicted octanol–water partition coefficient (Wildman–Crippen LogP) is 4.26. The van der Waals surface area contributed by atoms with Crippen LogP contribution < -0.4 is 0 Å². The van der Waals surface area contributed by atoms with Crippen LogP contribution in [0.1, 0.15) is 35.7 Å². The molecule has 0 fully saturated rings.